The van der Waals surface area contributed by atoms with E-state index in [0.717, 1.165) is 17.5 Å². The van der Waals surface area contributed by atoms with Gasteiger partial charge in [-0.1, -0.05) is 39.0 Å². The van der Waals surface area contributed by atoms with Crippen molar-refractivity contribution >= 4 is 52.1 Å². The van der Waals surface area contributed by atoms with Crippen LogP contribution in [0.5, 0.6) is 5.75 Å². The Balaban J connectivity index is 1.32. The predicted molar refractivity (Wildman–Crippen MR) is 189 cm³/mol. The molecule has 276 valence electrons. The molecule has 2 aromatic rings. The molecule has 0 unspecified atom stereocenters. The molecule has 0 bridgehead atoms. The summed E-state index contributed by atoms with van der Waals surface area (Å²) < 4.78 is 106. The zero-order chi connectivity index (χ0) is 37.2. The van der Waals surface area contributed by atoms with Crippen molar-refractivity contribution < 1.29 is 44.0 Å². The van der Waals surface area contributed by atoms with Gasteiger partial charge in [0.1, 0.15) is 17.1 Å². The highest BCUT2D eigenvalue weighted by Crippen LogP contribution is 2.37. The van der Waals surface area contributed by atoms with Gasteiger partial charge in [-0.3, -0.25) is 14.5 Å². The summed E-state index contributed by atoms with van der Waals surface area (Å²) in [4.78, 5) is 17.4. The van der Waals surface area contributed by atoms with Gasteiger partial charge in [-0.2, -0.15) is 17.4 Å². The molecule has 2 heterocycles. The molecule has 1 amide bonds. The van der Waals surface area contributed by atoms with Crippen molar-refractivity contribution in [3.8, 4) is 5.75 Å². The standard InChI is InChI=1S/C32H44F3N5O7S2Si/c1-23-21-26(39-49(44,45)36-16-8-19-46-50(5,6)30(2,3)4)12-11-24(23)13-20-48(42,43)40-17-14-31(15-18-40)29(41)37-28(38-31)25-9-7-10-27(22-25)47-32(33,34)35/h7,9-13,20-22,36,39H,8,14-19H2,1-6H3,(H,37,38,41)/b20-13+. The number of halogens is 3. The molecule has 2 aliphatic rings. The molecule has 12 nitrogen and oxygen atoms in total. The number of hydrogen-bond donors (Lipinski definition) is 3. The summed E-state index contributed by atoms with van der Waals surface area (Å²) in [5, 5.41) is 3.73. The van der Waals surface area contributed by atoms with Crippen LogP contribution in [-0.4, -0.2) is 79.3 Å². The minimum Gasteiger partial charge on any atom is -0.417 e. The van der Waals surface area contributed by atoms with Crippen molar-refractivity contribution in [3.63, 3.8) is 0 Å². The van der Waals surface area contributed by atoms with Crippen molar-refractivity contribution in [2.24, 2.45) is 4.99 Å². The van der Waals surface area contributed by atoms with E-state index in [2.05, 4.69) is 58.4 Å². The fourth-order valence-corrected chi connectivity index (χ4v) is 8.32. The van der Waals surface area contributed by atoms with E-state index in [9.17, 15) is 34.8 Å². The van der Waals surface area contributed by atoms with Gasteiger partial charge < -0.3 is 14.5 Å². The molecule has 4 rings (SSSR count). The zero-order valence-electron chi connectivity index (χ0n) is 28.8. The van der Waals surface area contributed by atoms with Gasteiger partial charge in [-0.15, -0.1) is 13.2 Å². The first-order valence-corrected chi connectivity index (χ1v) is 21.9. The van der Waals surface area contributed by atoms with E-state index >= 15 is 0 Å². The lowest BCUT2D eigenvalue weighted by molar-refractivity contribution is -0.274. The van der Waals surface area contributed by atoms with E-state index in [1.807, 2.05) is 0 Å². The van der Waals surface area contributed by atoms with Gasteiger partial charge in [0.25, 0.3) is 16.1 Å². The molecular weight excluding hydrogens is 716 g/mol. The lowest BCUT2D eigenvalue weighted by atomic mass is 9.89. The van der Waals surface area contributed by atoms with Gasteiger partial charge in [-0.05, 0) is 85.8 Å². The second-order valence-electron chi connectivity index (χ2n) is 13.8. The molecule has 3 N–H and O–H groups in total. The summed E-state index contributed by atoms with van der Waals surface area (Å²) in [6.45, 7) is 13.0. The van der Waals surface area contributed by atoms with Crippen LogP contribution in [-0.2, 0) is 29.5 Å². The summed E-state index contributed by atoms with van der Waals surface area (Å²) in [7, 11) is -9.67. The number of nitrogens with zero attached hydrogens (tertiary/aromatic N) is 2. The van der Waals surface area contributed by atoms with Crippen LogP contribution in [0.4, 0.5) is 18.9 Å². The van der Waals surface area contributed by atoms with Gasteiger partial charge in [0.2, 0.25) is 10.0 Å². The van der Waals surface area contributed by atoms with Crippen molar-refractivity contribution in [3.05, 3.63) is 64.6 Å². The number of aliphatic imine (C=N–C) groups is 1. The Hall–Kier alpha value is -3.29. The maximum Gasteiger partial charge on any atom is 0.573 e. The maximum absolute atomic E-state index is 13.2. The first kappa shape index (κ1) is 39.5. The number of piperidine rings is 1. The number of hydrogen-bond acceptors (Lipinski definition) is 8. The van der Waals surface area contributed by atoms with E-state index < -0.39 is 52.1 Å². The minimum absolute atomic E-state index is 0.0107. The largest absolute Gasteiger partial charge is 0.573 e. The second kappa shape index (κ2) is 14.7. The number of aryl methyl sites for hydroxylation is 1. The summed E-state index contributed by atoms with van der Waals surface area (Å²) in [6, 6.07) is 9.80. The number of ether oxygens (including phenoxy) is 1. The van der Waals surface area contributed by atoms with Crippen molar-refractivity contribution in [1.29, 1.82) is 0 Å². The molecule has 1 fully saturated rings. The molecule has 50 heavy (non-hydrogen) atoms. The van der Waals surface area contributed by atoms with E-state index in [-0.39, 0.29) is 48.9 Å². The van der Waals surface area contributed by atoms with E-state index in [0.29, 0.717) is 29.8 Å². The maximum atomic E-state index is 13.2. The number of carbonyl (C=O) groups excluding carboxylic acids is 1. The average molecular weight is 760 g/mol. The van der Waals surface area contributed by atoms with Gasteiger partial charge in [-0.25, -0.2) is 8.42 Å². The van der Waals surface area contributed by atoms with Gasteiger partial charge in [0.05, 0.1) is 5.69 Å². The first-order valence-electron chi connectivity index (χ1n) is 16.0. The van der Waals surface area contributed by atoms with Crippen LogP contribution >= 0.6 is 0 Å². The van der Waals surface area contributed by atoms with Crippen LogP contribution < -0.4 is 19.5 Å². The van der Waals surface area contributed by atoms with Crippen LogP contribution in [0.25, 0.3) is 6.08 Å². The minimum atomic E-state index is -4.88. The van der Waals surface area contributed by atoms with Crippen LogP contribution in [0, 0.1) is 6.92 Å². The lowest BCUT2D eigenvalue weighted by Crippen LogP contribution is -2.50. The fourth-order valence-electron chi connectivity index (χ4n) is 5.13. The molecule has 0 atom stereocenters. The van der Waals surface area contributed by atoms with Crippen LogP contribution in [0.3, 0.4) is 0 Å². The van der Waals surface area contributed by atoms with Gasteiger partial charge in [0.15, 0.2) is 8.32 Å². The molecule has 1 spiro atoms. The molecule has 18 heteroatoms. The quantitative estimate of drug-likeness (QED) is 0.186. The normalized spacial score (nSPS) is 17.6. The number of benzene rings is 2. The number of sulfonamides is 1. The molecule has 2 aromatic carbocycles. The average Bonchev–Trinajstić information content (AvgIpc) is 3.30. The molecule has 0 saturated carbocycles. The third-order valence-electron chi connectivity index (χ3n) is 9.05. The highest BCUT2D eigenvalue weighted by molar-refractivity contribution is 7.92. The Kier molecular flexibility index (Phi) is 11.6. The van der Waals surface area contributed by atoms with E-state index in [4.69, 9.17) is 4.43 Å². The van der Waals surface area contributed by atoms with Crippen molar-refractivity contribution in [1.82, 2.24) is 14.3 Å². The summed E-state index contributed by atoms with van der Waals surface area (Å²) in [5.41, 5.74) is 0.471. The predicted octanol–water partition coefficient (Wildman–Crippen LogP) is 5.26. The van der Waals surface area contributed by atoms with Crippen LogP contribution in [0.15, 0.2) is 52.9 Å². The lowest BCUT2D eigenvalue weighted by Gasteiger charge is -2.36. The number of carbonyl (C=O) groups is 1. The number of nitrogens with one attached hydrogen (secondary N) is 3. The molecule has 0 radical (unpaired) electrons. The fraction of sp³-hybridized carbons (Fsp3) is 0.500. The van der Waals surface area contributed by atoms with Gasteiger partial charge in [0, 0.05) is 37.2 Å². The number of alkyl halides is 3. The Morgan fingerprint density at radius 2 is 1.74 bits per heavy atom. The summed E-state index contributed by atoms with van der Waals surface area (Å²) in [6.07, 6.45) is -2.81. The van der Waals surface area contributed by atoms with Crippen molar-refractivity contribution in [2.45, 2.75) is 77.0 Å². The highest BCUT2D eigenvalue weighted by atomic mass is 32.2. The van der Waals surface area contributed by atoms with Crippen LogP contribution in [0.1, 0.15) is 56.7 Å². The monoisotopic (exact) mass is 759 g/mol. The van der Waals surface area contributed by atoms with Crippen molar-refractivity contribution in [2.75, 3.05) is 31.0 Å². The molecule has 2 aliphatic heterocycles. The number of rotatable bonds is 13. The Bertz CT molecular complexity index is 1850. The third-order valence-corrected chi connectivity index (χ3v) is 16.2. The Morgan fingerprint density at radius 1 is 1.06 bits per heavy atom. The summed E-state index contributed by atoms with van der Waals surface area (Å²) >= 11 is 0. The van der Waals surface area contributed by atoms with E-state index in [1.54, 1.807) is 19.1 Å². The zero-order valence-corrected chi connectivity index (χ0v) is 31.5. The SMILES string of the molecule is Cc1cc(NS(=O)(=O)NCCCO[Si](C)(C)C(C)(C)C)ccc1/C=C/S(=O)(=O)N1CCC2(CC1)N=C(c1cccc(OC(F)(F)F)c1)NC2=O. The Labute approximate surface area is 292 Å². The van der Waals surface area contributed by atoms with Crippen LogP contribution in [0.2, 0.25) is 18.1 Å². The summed E-state index contributed by atoms with van der Waals surface area (Å²) in [5.74, 6) is -0.833. The Morgan fingerprint density at radius 3 is 2.36 bits per heavy atom. The van der Waals surface area contributed by atoms with E-state index in [1.165, 1.54) is 28.6 Å². The number of anilines is 1. The van der Waals surface area contributed by atoms with Gasteiger partial charge >= 0.3 is 6.36 Å². The smallest absolute Gasteiger partial charge is 0.417 e. The first-order chi connectivity index (χ1) is 23.0. The number of amides is 1. The number of amidine groups is 1. The molecule has 0 aliphatic carbocycles. The third kappa shape index (κ3) is 10.2. The highest BCUT2D eigenvalue weighted by Gasteiger charge is 2.47. The second-order valence-corrected chi connectivity index (χ2v) is 21.9. The molecular formula is C32H44F3N5O7S2Si. The molecule has 0 aromatic heterocycles. The topological polar surface area (TPSA) is 155 Å². The molecule has 1 saturated heterocycles.